The first-order valence-electron chi connectivity index (χ1n) is 13.0. The van der Waals surface area contributed by atoms with Crippen molar-refractivity contribution >= 4 is 41.1 Å². The number of rotatable bonds is 10. The quantitative estimate of drug-likeness (QED) is 0.175. The maximum atomic E-state index is 16.0. The van der Waals surface area contributed by atoms with E-state index in [0.717, 1.165) is 6.07 Å². The number of alkyl halides is 5. The van der Waals surface area contributed by atoms with Crippen LogP contribution in [0.4, 0.5) is 32.2 Å². The van der Waals surface area contributed by atoms with Crippen LogP contribution in [0.25, 0.3) is 11.0 Å². The number of benzene rings is 1. The van der Waals surface area contributed by atoms with Crippen LogP contribution < -0.4 is 5.32 Å². The van der Waals surface area contributed by atoms with Crippen LogP contribution in [0.3, 0.4) is 0 Å². The van der Waals surface area contributed by atoms with Gasteiger partial charge in [-0.1, -0.05) is 32.9 Å². The molecule has 2 heterocycles. The van der Waals surface area contributed by atoms with Crippen LogP contribution in [0.2, 0.25) is 18.1 Å². The summed E-state index contributed by atoms with van der Waals surface area (Å²) in [4.78, 5) is 11.9. The van der Waals surface area contributed by atoms with E-state index in [0.29, 0.717) is 18.1 Å². The Bertz CT molecular complexity index is 1370. The SMILES string of the molecule is CC[Si](CC)(CC)OC(C)(C)C(F)(F)c1cccc([C@@H](C)Nc2nc(C)nc3nc(C(F)(F)F)c(Br)cc23)c1F. The summed E-state index contributed by atoms with van der Waals surface area (Å²) in [5.41, 5.74) is -4.19. The minimum Gasteiger partial charge on any atom is -0.405 e. The van der Waals surface area contributed by atoms with Gasteiger partial charge in [-0.25, -0.2) is 19.3 Å². The van der Waals surface area contributed by atoms with E-state index in [1.54, 1.807) is 6.92 Å². The highest BCUT2D eigenvalue weighted by atomic mass is 79.9. The first kappa shape index (κ1) is 32.3. The Morgan fingerprint density at radius 2 is 1.60 bits per heavy atom. The van der Waals surface area contributed by atoms with E-state index in [4.69, 9.17) is 4.43 Å². The van der Waals surface area contributed by atoms with Gasteiger partial charge in [-0.2, -0.15) is 22.0 Å². The van der Waals surface area contributed by atoms with Gasteiger partial charge in [0.15, 0.2) is 19.7 Å². The van der Waals surface area contributed by atoms with Crippen LogP contribution in [0.1, 0.15) is 70.2 Å². The molecule has 0 aliphatic heterocycles. The first-order chi connectivity index (χ1) is 18.4. The van der Waals surface area contributed by atoms with Crippen molar-refractivity contribution < 1.29 is 30.8 Å². The molecule has 0 amide bonds. The summed E-state index contributed by atoms with van der Waals surface area (Å²) >= 11 is 2.90. The van der Waals surface area contributed by atoms with Crippen LogP contribution >= 0.6 is 15.9 Å². The van der Waals surface area contributed by atoms with Crippen LogP contribution in [0.5, 0.6) is 0 Å². The third-order valence-corrected chi connectivity index (χ3v) is 12.8. The standard InChI is InChI=1S/C27H33BrF6N4OSi/c1-8-40(9-2,10-3)39-25(6,7)26(30,31)19-13-11-12-17(21(19)29)15(4)35-23-18-14-20(28)22(27(32,33)34)38-24(18)37-16(5)36-23/h11-15H,8-10H2,1-7H3,(H,35,36,37,38)/t15-/m1/s1. The highest BCUT2D eigenvalue weighted by Gasteiger charge is 2.54. The lowest BCUT2D eigenvalue weighted by molar-refractivity contribution is -0.161. The van der Waals surface area contributed by atoms with Crippen molar-refractivity contribution in [3.05, 3.63) is 57.2 Å². The van der Waals surface area contributed by atoms with Crippen molar-refractivity contribution in [1.82, 2.24) is 15.0 Å². The number of anilines is 1. The molecule has 1 atom stereocenters. The minimum absolute atomic E-state index is 0.0682. The number of hydrogen-bond acceptors (Lipinski definition) is 5. The molecule has 0 bridgehead atoms. The zero-order valence-electron chi connectivity index (χ0n) is 23.4. The molecule has 0 unspecified atom stereocenters. The van der Waals surface area contributed by atoms with E-state index in [-0.39, 0.29) is 32.7 Å². The van der Waals surface area contributed by atoms with E-state index >= 15 is 13.2 Å². The molecule has 5 nitrogen and oxygen atoms in total. The molecule has 2 aromatic heterocycles. The highest BCUT2D eigenvalue weighted by Crippen LogP contribution is 2.46. The molecule has 40 heavy (non-hydrogen) atoms. The lowest BCUT2D eigenvalue weighted by atomic mass is 9.91. The summed E-state index contributed by atoms with van der Waals surface area (Å²) in [6.07, 6.45) is -4.72. The van der Waals surface area contributed by atoms with E-state index in [9.17, 15) is 13.2 Å². The fourth-order valence-corrected chi connectivity index (χ4v) is 8.44. The molecule has 0 saturated heterocycles. The second-order valence-electron chi connectivity index (χ2n) is 10.3. The summed E-state index contributed by atoms with van der Waals surface area (Å²) in [6.45, 7) is 11.4. The predicted molar refractivity (Wildman–Crippen MR) is 149 cm³/mol. The van der Waals surface area contributed by atoms with Gasteiger partial charge in [0.1, 0.15) is 23.1 Å². The van der Waals surface area contributed by atoms with Crippen molar-refractivity contribution in [3.63, 3.8) is 0 Å². The van der Waals surface area contributed by atoms with Crippen molar-refractivity contribution in [2.45, 2.75) is 90.3 Å². The lowest BCUT2D eigenvalue weighted by Gasteiger charge is -2.42. The number of hydrogen-bond donors (Lipinski definition) is 1. The van der Waals surface area contributed by atoms with Gasteiger partial charge in [0.25, 0.3) is 0 Å². The van der Waals surface area contributed by atoms with Gasteiger partial charge >= 0.3 is 12.1 Å². The van der Waals surface area contributed by atoms with Crippen LogP contribution in [0, 0.1) is 12.7 Å². The molecular weight excluding hydrogens is 618 g/mol. The Balaban J connectivity index is 2.03. The van der Waals surface area contributed by atoms with Gasteiger partial charge in [-0.15, -0.1) is 0 Å². The average Bonchev–Trinajstić information content (AvgIpc) is 2.86. The number of aryl methyl sites for hydroxylation is 1. The number of nitrogens with zero attached hydrogens (tertiary/aromatic N) is 3. The number of fused-ring (bicyclic) bond motifs is 1. The number of nitrogens with one attached hydrogen (secondary N) is 1. The highest BCUT2D eigenvalue weighted by molar-refractivity contribution is 9.10. The maximum absolute atomic E-state index is 16.0. The summed E-state index contributed by atoms with van der Waals surface area (Å²) in [6, 6.07) is 6.01. The zero-order valence-corrected chi connectivity index (χ0v) is 26.0. The number of aromatic nitrogens is 3. The number of halogens is 7. The Hall–Kier alpha value is -2.25. The van der Waals surface area contributed by atoms with Gasteiger partial charge in [-0.05, 0) is 73.9 Å². The second kappa shape index (κ2) is 11.6. The third kappa shape index (κ3) is 6.15. The number of pyridine rings is 1. The maximum Gasteiger partial charge on any atom is 0.434 e. The van der Waals surface area contributed by atoms with E-state index in [1.807, 2.05) is 20.8 Å². The first-order valence-corrected chi connectivity index (χ1v) is 16.3. The minimum atomic E-state index is -4.72. The Kier molecular flexibility index (Phi) is 9.32. The van der Waals surface area contributed by atoms with Crippen molar-refractivity contribution in [1.29, 1.82) is 0 Å². The van der Waals surface area contributed by atoms with Crippen molar-refractivity contribution in [2.75, 3.05) is 5.32 Å². The molecule has 0 aliphatic carbocycles. The van der Waals surface area contributed by atoms with Gasteiger partial charge in [-0.3, -0.25) is 0 Å². The molecule has 220 valence electrons. The van der Waals surface area contributed by atoms with Crippen LogP contribution in [-0.4, -0.2) is 28.9 Å². The van der Waals surface area contributed by atoms with E-state index in [2.05, 4.69) is 36.2 Å². The summed E-state index contributed by atoms with van der Waals surface area (Å²) in [5, 5.41) is 3.10. The monoisotopic (exact) mass is 650 g/mol. The molecular formula is C27H33BrF6N4OSi. The summed E-state index contributed by atoms with van der Waals surface area (Å²) in [5.74, 6) is -4.55. The second-order valence-corrected chi connectivity index (χ2v) is 15.9. The summed E-state index contributed by atoms with van der Waals surface area (Å²) < 4.78 is 93.7. The van der Waals surface area contributed by atoms with Gasteiger partial charge in [0.05, 0.1) is 17.0 Å². The fourth-order valence-electron chi connectivity index (χ4n) is 4.75. The zero-order chi connectivity index (χ0) is 30.3. The molecule has 1 aromatic carbocycles. The molecule has 3 aromatic rings. The Labute approximate surface area is 239 Å². The Morgan fingerprint density at radius 1 is 1.00 bits per heavy atom. The van der Waals surface area contributed by atoms with Crippen LogP contribution in [0.15, 0.2) is 28.7 Å². The normalized spacial score (nSPS) is 14.1. The topological polar surface area (TPSA) is 59.9 Å². The summed E-state index contributed by atoms with van der Waals surface area (Å²) in [7, 11) is -2.46. The van der Waals surface area contributed by atoms with E-state index < -0.39 is 49.1 Å². The molecule has 0 fully saturated rings. The lowest BCUT2D eigenvalue weighted by Crippen LogP contribution is -2.52. The predicted octanol–water partition coefficient (Wildman–Crippen LogP) is 9.32. The molecule has 13 heteroatoms. The molecule has 0 spiro atoms. The van der Waals surface area contributed by atoms with Crippen molar-refractivity contribution in [2.24, 2.45) is 0 Å². The average molecular weight is 652 g/mol. The smallest absolute Gasteiger partial charge is 0.405 e. The van der Waals surface area contributed by atoms with Gasteiger partial charge in [0, 0.05) is 10.0 Å². The largest absolute Gasteiger partial charge is 0.434 e. The Morgan fingerprint density at radius 3 is 2.15 bits per heavy atom. The molecule has 3 rings (SSSR count). The fraction of sp³-hybridized carbons (Fsp3) is 0.519. The molecule has 0 saturated carbocycles. The third-order valence-electron chi connectivity index (χ3n) is 7.37. The molecule has 0 radical (unpaired) electrons. The van der Waals surface area contributed by atoms with E-state index in [1.165, 1.54) is 39.0 Å². The van der Waals surface area contributed by atoms with Crippen LogP contribution in [-0.2, 0) is 16.5 Å². The molecule has 0 aliphatic rings. The molecule has 1 N–H and O–H groups in total. The van der Waals surface area contributed by atoms with Crippen molar-refractivity contribution in [3.8, 4) is 0 Å². The van der Waals surface area contributed by atoms with Gasteiger partial charge in [0.2, 0.25) is 0 Å². The van der Waals surface area contributed by atoms with Gasteiger partial charge < -0.3 is 9.74 Å².